The topological polar surface area (TPSA) is 117 Å². The van der Waals surface area contributed by atoms with Gasteiger partial charge in [0.05, 0.1) is 11.7 Å². The van der Waals surface area contributed by atoms with Gasteiger partial charge in [-0.2, -0.15) is 0 Å². The molecular formula is C19H19N7O2. The van der Waals surface area contributed by atoms with E-state index >= 15 is 0 Å². The molecule has 28 heavy (non-hydrogen) atoms. The van der Waals surface area contributed by atoms with Crippen LogP contribution in [0.3, 0.4) is 0 Å². The van der Waals surface area contributed by atoms with Crippen molar-refractivity contribution >= 4 is 16.9 Å². The summed E-state index contributed by atoms with van der Waals surface area (Å²) >= 11 is 0. The Morgan fingerprint density at radius 1 is 1.21 bits per heavy atom. The number of aromatic nitrogens is 5. The fraction of sp³-hybridized carbons (Fsp3) is 0.263. The van der Waals surface area contributed by atoms with E-state index < -0.39 is 0 Å². The number of hydrogen-bond acceptors (Lipinski definition) is 8. The van der Waals surface area contributed by atoms with Crippen molar-refractivity contribution in [2.45, 2.75) is 18.9 Å². The highest BCUT2D eigenvalue weighted by Crippen LogP contribution is 2.30. The Hall–Kier alpha value is -3.46. The average Bonchev–Trinajstić information content (AvgIpc) is 3.46. The third-order valence-electron chi connectivity index (χ3n) is 4.89. The standard InChI is InChI=1S/C19H19N7O2/c20-18-17(24-28-25-18)19-23-15-10-21-9-7-16(15)26(19)13-3-5-14(6-4-13)27-11-12-2-1-8-22-12/h3-7,9-10,12,22H,1-2,8,11H2,(H2,20,25). The van der Waals surface area contributed by atoms with Crippen molar-refractivity contribution < 1.29 is 9.37 Å². The summed E-state index contributed by atoms with van der Waals surface area (Å²) in [6.45, 7) is 1.74. The summed E-state index contributed by atoms with van der Waals surface area (Å²) in [5.41, 5.74) is 8.81. The first-order chi connectivity index (χ1) is 13.8. The Morgan fingerprint density at radius 3 is 2.86 bits per heavy atom. The quantitative estimate of drug-likeness (QED) is 0.543. The van der Waals surface area contributed by atoms with Gasteiger partial charge in [-0.3, -0.25) is 9.55 Å². The second-order valence-corrected chi connectivity index (χ2v) is 6.73. The molecule has 0 bridgehead atoms. The average molecular weight is 377 g/mol. The number of anilines is 1. The number of pyridine rings is 1. The number of fused-ring (bicyclic) bond motifs is 1. The molecule has 3 aromatic heterocycles. The van der Waals surface area contributed by atoms with Gasteiger partial charge in [-0.25, -0.2) is 9.61 Å². The van der Waals surface area contributed by atoms with Crippen molar-refractivity contribution in [2.24, 2.45) is 0 Å². The van der Waals surface area contributed by atoms with E-state index in [1.807, 2.05) is 34.9 Å². The number of nitrogens with zero attached hydrogens (tertiary/aromatic N) is 5. The maximum Gasteiger partial charge on any atom is 0.199 e. The molecule has 4 heterocycles. The highest BCUT2D eigenvalue weighted by atomic mass is 16.6. The third kappa shape index (κ3) is 2.95. The van der Waals surface area contributed by atoms with Gasteiger partial charge in [0.25, 0.3) is 0 Å². The van der Waals surface area contributed by atoms with E-state index in [4.69, 9.17) is 15.1 Å². The highest BCUT2D eigenvalue weighted by Gasteiger charge is 2.20. The lowest BCUT2D eigenvalue weighted by molar-refractivity contribution is 0.277. The lowest BCUT2D eigenvalue weighted by atomic mass is 10.2. The fourth-order valence-corrected chi connectivity index (χ4v) is 3.49. The third-order valence-corrected chi connectivity index (χ3v) is 4.89. The normalized spacial score (nSPS) is 16.6. The predicted octanol–water partition coefficient (Wildman–Crippen LogP) is 2.18. The minimum absolute atomic E-state index is 0.188. The van der Waals surface area contributed by atoms with E-state index in [2.05, 4.69) is 25.6 Å². The summed E-state index contributed by atoms with van der Waals surface area (Å²) in [6.07, 6.45) is 5.79. The zero-order valence-electron chi connectivity index (χ0n) is 15.1. The van der Waals surface area contributed by atoms with Crippen LogP contribution in [-0.4, -0.2) is 44.0 Å². The smallest absolute Gasteiger partial charge is 0.199 e. The van der Waals surface area contributed by atoms with Crippen LogP contribution in [0, 0.1) is 0 Å². The summed E-state index contributed by atoms with van der Waals surface area (Å²) in [6, 6.07) is 10.2. The lowest BCUT2D eigenvalue weighted by Crippen LogP contribution is -2.28. The molecule has 0 saturated carbocycles. The number of imidazole rings is 1. The second-order valence-electron chi connectivity index (χ2n) is 6.73. The van der Waals surface area contributed by atoms with Gasteiger partial charge in [0.15, 0.2) is 17.3 Å². The number of hydrogen-bond donors (Lipinski definition) is 2. The summed E-state index contributed by atoms with van der Waals surface area (Å²) in [4.78, 5) is 8.77. The van der Waals surface area contributed by atoms with Crippen LogP contribution in [0.4, 0.5) is 5.82 Å². The van der Waals surface area contributed by atoms with Crippen molar-refractivity contribution in [2.75, 3.05) is 18.9 Å². The minimum Gasteiger partial charge on any atom is -0.492 e. The van der Waals surface area contributed by atoms with Gasteiger partial charge in [0.1, 0.15) is 17.9 Å². The van der Waals surface area contributed by atoms with E-state index in [1.165, 1.54) is 6.42 Å². The first-order valence-corrected chi connectivity index (χ1v) is 9.17. The van der Waals surface area contributed by atoms with Crippen LogP contribution in [0.5, 0.6) is 5.75 Å². The van der Waals surface area contributed by atoms with Gasteiger partial charge in [-0.05, 0) is 60.0 Å². The molecule has 1 aliphatic heterocycles. The summed E-state index contributed by atoms with van der Waals surface area (Å²) in [7, 11) is 0. The Labute approximate surface area is 160 Å². The molecular weight excluding hydrogens is 358 g/mol. The Kier molecular flexibility index (Phi) is 4.13. The van der Waals surface area contributed by atoms with Gasteiger partial charge in [-0.1, -0.05) is 0 Å². The number of nitrogens with two attached hydrogens (primary N) is 1. The number of nitrogens with one attached hydrogen (secondary N) is 1. The molecule has 0 aliphatic carbocycles. The lowest BCUT2D eigenvalue weighted by Gasteiger charge is -2.13. The second kappa shape index (κ2) is 6.93. The van der Waals surface area contributed by atoms with Gasteiger partial charge >= 0.3 is 0 Å². The molecule has 9 nitrogen and oxygen atoms in total. The maximum atomic E-state index is 5.92. The maximum absolute atomic E-state index is 5.92. The number of ether oxygens (including phenoxy) is 1. The molecule has 1 aromatic carbocycles. The molecule has 4 aromatic rings. The number of rotatable bonds is 5. The van der Waals surface area contributed by atoms with Crippen LogP contribution < -0.4 is 15.8 Å². The van der Waals surface area contributed by atoms with E-state index in [-0.39, 0.29) is 5.82 Å². The van der Waals surface area contributed by atoms with Crippen LogP contribution in [0.1, 0.15) is 12.8 Å². The molecule has 0 amide bonds. The molecule has 0 radical (unpaired) electrons. The largest absolute Gasteiger partial charge is 0.492 e. The van der Waals surface area contributed by atoms with Gasteiger partial charge in [0, 0.05) is 17.9 Å². The van der Waals surface area contributed by atoms with Crippen LogP contribution >= 0.6 is 0 Å². The molecule has 1 atom stereocenters. The summed E-state index contributed by atoms with van der Waals surface area (Å²) in [5.74, 6) is 1.56. The number of nitrogen functional groups attached to an aromatic ring is 1. The van der Waals surface area contributed by atoms with Crippen molar-refractivity contribution in [3.8, 4) is 23.0 Å². The monoisotopic (exact) mass is 377 g/mol. The van der Waals surface area contributed by atoms with Gasteiger partial charge in [0.2, 0.25) is 0 Å². The fourth-order valence-electron chi connectivity index (χ4n) is 3.49. The molecule has 0 spiro atoms. The zero-order valence-corrected chi connectivity index (χ0v) is 15.1. The zero-order chi connectivity index (χ0) is 18.9. The van der Waals surface area contributed by atoms with Crippen molar-refractivity contribution in [3.63, 3.8) is 0 Å². The van der Waals surface area contributed by atoms with Crippen LogP contribution in [-0.2, 0) is 0 Å². The highest BCUT2D eigenvalue weighted by molar-refractivity contribution is 5.83. The van der Waals surface area contributed by atoms with E-state index in [9.17, 15) is 0 Å². The molecule has 5 rings (SSSR count). The molecule has 1 fully saturated rings. The molecule has 1 unspecified atom stereocenters. The molecule has 142 valence electrons. The predicted molar refractivity (Wildman–Crippen MR) is 103 cm³/mol. The number of benzene rings is 1. The Morgan fingerprint density at radius 2 is 2.11 bits per heavy atom. The SMILES string of the molecule is Nc1nonc1-c1nc2cnccc2n1-c1ccc(OCC2CCCN2)cc1. The van der Waals surface area contributed by atoms with Gasteiger partial charge in [-0.15, -0.1) is 0 Å². The first kappa shape index (κ1) is 16.7. The van der Waals surface area contributed by atoms with Crippen molar-refractivity contribution in [1.29, 1.82) is 0 Å². The Bertz CT molecular complexity index is 1100. The van der Waals surface area contributed by atoms with Crippen molar-refractivity contribution in [3.05, 3.63) is 42.7 Å². The first-order valence-electron chi connectivity index (χ1n) is 9.17. The summed E-state index contributed by atoms with van der Waals surface area (Å²) in [5, 5.41) is 11.0. The van der Waals surface area contributed by atoms with E-state index in [1.54, 1.807) is 12.4 Å². The van der Waals surface area contributed by atoms with Crippen molar-refractivity contribution in [1.82, 2.24) is 30.2 Å². The van der Waals surface area contributed by atoms with Crippen LogP contribution in [0.2, 0.25) is 0 Å². The molecule has 3 N–H and O–H groups in total. The summed E-state index contributed by atoms with van der Waals surface area (Å²) < 4.78 is 12.6. The Balaban J connectivity index is 1.50. The molecule has 9 heteroatoms. The van der Waals surface area contributed by atoms with Gasteiger partial charge < -0.3 is 15.8 Å². The van der Waals surface area contributed by atoms with Crippen LogP contribution in [0.15, 0.2) is 47.4 Å². The van der Waals surface area contributed by atoms with Crippen LogP contribution in [0.25, 0.3) is 28.2 Å². The minimum atomic E-state index is 0.188. The van der Waals surface area contributed by atoms with E-state index in [0.717, 1.165) is 35.4 Å². The molecule has 1 saturated heterocycles. The van der Waals surface area contributed by atoms with E-state index in [0.29, 0.717) is 24.2 Å². The molecule has 1 aliphatic rings.